The van der Waals surface area contributed by atoms with Crippen molar-refractivity contribution in [2.45, 2.75) is 122 Å². The average molecular weight is 896 g/mol. The van der Waals surface area contributed by atoms with E-state index in [1.54, 1.807) is 49.7 Å². The van der Waals surface area contributed by atoms with Crippen LogP contribution in [-0.4, -0.2) is 133 Å². The van der Waals surface area contributed by atoms with Gasteiger partial charge in [0.15, 0.2) is 12.1 Å². The lowest BCUT2D eigenvalue weighted by molar-refractivity contribution is -0.304. The third kappa shape index (κ3) is 13.0. The van der Waals surface area contributed by atoms with E-state index in [4.69, 9.17) is 14.2 Å². The van der Waals surface area contributed by atoms with Crippen LogP contribution in [0, 0.1) is 23.7 Å². The van der Waals surface area contributed by atoms with Crippen LogP contribution >= 0.6 is 0 Å². The molecule has 352 valence electrons. The van der Waals surface area contributed by atoms with Gasteiger partial charge in [-0.3, -0.25) is 14.5 Å². The summed E-state index contributed by atoms with van der Waals surface area (Å²) >= 11 is 0. The summed E-state index contributed by atoms with van der Waals surface area (Å²) in [6.45, 7) is 10.4. The number of aromatic nitrogens is 3. The number of carbonyl (C=O) groups is 2. The van der Waals surface area contributed by atoms with Gasteiger partial charge in [0.2, 0.25) is 0 Å². The van der Waals surface area contributed by atoms with Gasteiger partial charge in [0, 0.05) is 30.8 Å². The molecule has 6 rings (SSSR count). The molecule has 0 bridgehead atoms. The summed E-state index contributed by atoms with van der Waals surface area (Å²) in [5.41, 5.74) is 3.48. The van der Waals surface area contributed by atoms with Crippen molar-refractivity contribution in [2.24, 2.45) is 23.7 Å². The molecule has 65 heavy (non-hydrogen) atoms. The Balaban J connectivity index is 1.35. The van der Waals surface area contributed by atoms with Crippen LogP contribution in [0.25, 0.3) is 16.5 Å². The number of allylic oxidation sites excluding steroid dienone is 3. The molecule has 0 aliphatic carbocycles. The fraction of sp³-hybridized carbons (Fsp3) is 0.529. The number of cyclic esters (lactones) is 1. The number of aliphatic hydroxyl groups excluding tert-OH is 4. The molecule has 0 saturated carbocycles. The van der Waals surface area contributed by atoms with Crippen LogP contribution < -0.4 is 0 Å². The number of likely N-dealkylation sites (N-methyl/N-ethyl adjacent to an activating group) is 1. The molecule has 2 aliphatic heterocycles. The van der Waals surface area contributed by atoms with Gasteiger partial charge in [-0.05, 0) is 94.2 Å². The second-order valence-electron chi connectivity index (χ2n) is 18.4. The average Bonchev–Trinajstić information content (AvgIpc) is 3.76. The standard InChI is InChI=1S/C51H69N5O9/c1-8-45-40(31-57)24-32(2)18-21-43(58)33(3)25-39(50(34(4)44(59)27-46(60)64-45)65-51-49(62)47(54(6)7)48(61)35(5)63-51)22-23-55(28-36-14-10-9-11-15-36)29-41-30-56(53-52-41)42-20-19-37-16-12-13-17-38(37)26-42/h9-21,24,26,30,33-35,39-40,44-45,47-51,57,59,61-62H,8,22-23,25,27-29,31H2,1-7H3/b21-18+,32-24+/t33-,34+,35-,39+,40-,44-,45-,47?,48-,49?,50-,51+/m1/s1. The summed E-state index contributed by atoms with van der Waals surface area (Å²) in [4.78, 5) is 31.6. The molecule has 3 heterocycles. The first kappa shape index (κ1) is 49.8. The highest BCUT2D eigenvalue weighted by Gasteiger charge is 2.47. The zero-order valence-corrected chi connectivity index (χ0v) is 38.9. The molecule has 2 aliphatic rings. The van der Waals surface area contributed by atoms with Crippen LogP contribution in [0.2, 0.25) is 0 Å². The molecule has 1 saturated heterocycles. The maximum absolute atomic E-state index is 14.0. The van der Waals surface area contributed by atoms with Gasteiger partial charge in [0.05, 0.1) is 61.1 Å². The summed E-state index contributed by atoms with van der Waals surface area (Å²) < 4.78 is 20.7. The second kappa shape index (κ2) is 23.2. The molecule has 0 amide bonds. The van der Waals surface area contributed by atoms with Gasteiger partial charge in [-0.15, -0.1) is 5.10 Å². The number of esters is 1. The van der Waals surface area contributed by atoms with Gasteiger partial charge in [-0.2, -0.15) is 0 Å². The Morgan fingerprint density at radius 3 is 2.34 bits per heavy atom. The van der Waals surface area contributed by atoms with E-state index in [1.165, 1.54) is 0 Å². The van der Waals surface area contributed by atoms with E-state index < -0.39 is 78.6 Å². The van der Waals surface area contributed by atoms with Gasteiger partial charge in [0.1, 0.15) is 12.2 Å². The van der Waals surface area contributed by atoms with E-state index >= 15 is 0 Å². The lowest BCUT2D eigenvalue weighted by Crippen LogP contribution is -2.63. The number of nitrogens with zero attached hydrogens (tertiary/aromatic N) is 5. The van der Waals surface area contributed by atoms with E-state index in [-0.39, 0.29) is 18.8 Å². The molecule has 2 unspecified atom stereocenters. The van der Waals surface area contributed by atoms with Crippen LogP contribution in [0.4, 0.5) is 0 Å². The van der Waals surface area contributed by atoms with E-state index in [0.717, 1.165) is 33.3 Å². The lowest BCUT2D eigenvalue weighted by atomic mass is 9.79. The largest absolute Gasteiger partial charge is 0.462 e. The summed E-state index contributed by atoms with van der Waals surface area (Å²) in [7, 11) is 3.54. The van der Waals surface area contributed by atoms with Crippen molar-refractivity contribution < 1.29 is 44.2 Å². The fourth-order valence-electron chi connectivity index (χ4n) is 9.31. The third-order valence-corrected chi connectivity index (χ3v) is 13.2. The number of benzene rings is 3. The quantitative estimate of drug-likeness (QED) is 0.121. The minimum absolute atomic E-state index is 0.106. The van der Waals surface area contributed by atoms with Crippen LogP contribution in [0.15, 0.2) is 103 Å². The molecule has 4 N–H and O–H groups in total. The highest BCUT2D eigenvalue weighted by molar-refractivity contribution is 5.91. The summed E-state index contributed by atoms with van der Waals surface area (Å²) in [6, 6.07) is 23.7. The van der Waals surface area contributed by atoms with E-state index in [9.17, 15) is 30.0 Å². The summed E-state index contributed by atoms with van der Waals surface area (Å²) in [5.74, 6) is -2.88. The molecule has 0 radical (unpaired) electrons. The van der Waals surface area contributed by atoms with Crippen molar-refractivity contribution in [1.29, 1.82) is 0 Å². The number of ether oxygens (including phenoxy) is 3. The monoisotopic (exact) mass is 896 g/mol. The molecule has 0 spiro atoms. The lowest BCUT2D eigenvalue weighted by Gasteiger charge is -2.46. The highest BCUT2D eigenvalue weighted by atomic mass is 16.7. The number of carbonyl (C=O) groups excluding carboxylic acids is 2. The predicted octanol–water partition coefficient (Wildman–Crippen LogP) is 5.64. The van der Waals surface area contributed by atoms with E-state index in [1.807, 2.05) is 69.4 Å². The maximum atomic E-state index is 14.0. The first-order valence-corrected chi connectivity index (χ1v) is 23.0. The first-order valence-electron chi connectivity index (χ1n) is 23.0. The van der Waals surface area contributed by atoms with Crippen molar-refractivity contribution in [2.75, 3.05) is 27.2 Å². The Hall–Kier alpha value is -4.64. The van der Waals surface area contributed by atoms with Crippen LogP contribution in [0.3, 0.4) is 0 Å². The SMILES string of the molecule is CC[C@H]1OC(=O)C[C@@H](O)[C@H](C)[C@@H](O[C@@H]2O[C@H](C)[C@@H](O)C(N(C)C)C2O)[C@@H](CCN(Cc2ccccc2)Cc2cn(-c3ccc4ccccc4c3)nn2)C[C@@H](C)C(=O)/C=C/C(C)=C/[C@@H]1CO. The normalized spacial score (nSPS) is 31.2. The molecule has 14 heteroatoms. The van der Waals surface area contributed by atoms with Crippen LogP contribution in [-0.2, 0) is 36.9 Å². The Labute approximate surface area is 383 Å². The van der Waals surface area contributed by atoms with Crippen molar-refractivity contribution in [3.05, 3.63) is 114 Å². The van der Waals surface area contributed by atoms with Crippen LogP contribution in [0.1, 0.15) is 71.6 Å². The summed E-state index contributed by atoms with van der Waals surface area (Å²) in [6.07, 6.45) is 0.954. The number of rotatable bonds is 13. The Kier molecular flexibility index (Phi) is 17.8. The van der Waals surface area contributed by atoms with E-state index in [0.29, 0.717) is 38.9 Å². The zero-order chi connectivity index (χ0) is 46.8. The van der Waals surface area contributed by atoms with Gasteiger partial charge < -0.3 is 39.5 Å². The van der Waals surface area contributed by atoms with Crippen molar-refractivity contribution in [3.63, 3.8) is 0 Å². The highest BCUT2D eigenvalue weighted by Crippen LogP contribution is 2.35. The van der Waals surface area contributed by atoms with Gasteiger partial charge in [0.25, 0.3) is 0 Å². The second-order valence-corrected chi connectivity index (χ2v) is 18.4. The van der Waals surface area contributed by atoms with Gasteiger partial charge >= 0.3 is 5.97 Å². The van der Waals surface area contributed by atoms with Crippen LogP contribution in [0.5, 0.6) is 0 Å². The Morgan fingerprint density at radius 2 is 1.63 bits per heavy atom. The molecule has 1 aromatic heterocycles. The number of hydrogen-bond acceptors (Lipinski definition) is 13. The molecule has 12 atom stereocenters. The van der Waals surface area contributed by atoms with E-state index in [2.05, 4.69) is 51.6 Å². The number of fused-ring (bicyclic) bond motifs is 1. The molecular weight excluding hydrogens is 827 g/mol. The van der Waals surface area contributed by atoms with Gasteiger partial charge in [-0.25, -0.2) is 4.68 Å². The van der Waals surface area contributed by atoms with Crippen molar-refractivity contribution in [3.8, 4) is 5.69 Å². The summed E-state index contributed by atoms with van der Waals surface area (Å²) in [5, 5.41) is 56.4. The maximum Gasteiger partial charge on any atom is 0.308 e. The number of aliphatic hydroxyl groups is 4. The minimum atomic E-state index is -1.27. The molecule has 3 aromatic carbocycles. The Morgan fingerprint density at radius 1 is 0.908 bits per heavy atom. The smallest absolute Gasteiger partial charge is 0.308 e. The first-order chi connectivity index (χ1) is 31.1. The third-order valence-electron chi connectivity index (χ3n) is 13.2. The zero-order valence-electron chi connectivity index (χ0n) is 38.9. The minimum Gasteiger partial charge on any atom is -0.462 e. The van der Waals surface area contributed by atoms with Crippen molar-refractivity contribution >= 4 is 22.5 Å². The molecule has 14 nitrogen and oxygen atoms in total. The molecular formula is C51H69N5O9. The van der Waals surface area contributed by atoms with Gasteiger partial charge in [-0.1, -0.05) is 104 Å². The number of hydrogen-bond donors (Lipinski definition) is 4. The Bertz CT molecular complexity index is 2210. The fourth-order valence-corrected chi connectivity index (χ4v) is 9.31. The topological polar surface area (TPSA) is 180 Å². The molecule has 4 aromatic rings. The molecule has 1 fully saturated rings. The predicted molar refractivity (Wildman–Crippen MR) is 248 cm³/mol. The van der Waals surface area contributed by atoms with Crippen molar-refractivity contribution in [1.82, 2.24) is 24.8 Å². The number of ketones is 1.